The first kappa shape index (κ1) is 19.9. The molecule has 0 saturated heterocycles. The molecule has 1 aliphatic rings. The van der Waals surface area contributed by atoms with Gasteiger partial charge < -0.3 is 4.74 Å². The maximum atomic E-state index is 13.9. The van der Waals surface area contributed by atoms with Gasteiger partial charge in [0.1, 0.15) is 11.6 Å². The highest BCUT2D eigenvalue weighted by Gasteiger charge is 2.32. The van der Waals surface area contributed by atoms with Crippen LogP contribution in [0.2, 0.25) is 0 Å². The molecule has 0 radical (unpaired) electrons. The Hall–Kier alpha value is -1.83. The van der Waals surface area contributed by atoms with Crippen molar-refractivity contribution in [2.75, 3.05) is 7.11 Å². The molecular weight excluding hydrogens is 372 g/mol. The number of halogens is 2. The van der Waals surface area contributed by atoms with E-state index in [2.05, 4.69) is 4.72 Å². The van der Waals surface area contributed by atoms with Crippen molar-refractivity contribution in [2.45, 2.75) is 49.1 Å². The minimum Gasteiger partial charge on any atom is -0.379 e. The molecule has 0 aliphatic heterocycles. The summed E-state index contributed by atoms with van der Waals surface area (Å²) in [5.41, 5.74) is 0.516. The summed E-state index contributed by atoms with van der Waals surface area (Å²) in [4.78, 5) is 0.119. The summed E-state index contributed by atoms with van der Waals surface area (Å²) >= 11 is 0. The van der Waals surface area contributed by atoms with E-state index in [1.54, 1.807) is 7.11 Å². The Labute approximate surface area is 158 Å². The molecule has 2 aromatic carbocycles. The Balaban J connectivity index is 1.72. The molecule has 0 aromatic heterocycles. The number of ether oxygens (including phenoxy) is 1. The Morgan fingerprint density at radius 3 is 2.26 bits per heavy atom. The van der Waals surface area contributed by atoms with Crippen molar-refractivity contribution in [1.29, 1.82) is 0 Å². The summed E-state index contributed by atoms with van der Waals surface area (Å²) in [6.45, 7) is 2.03. The highest BCUT2D eigenvalue weighted by atomic mass is 32.2. The number of sulfonamides is 1. The molecule has 27 heavy (non-hydrogen) atoms. The van der Waals surface area contributed by atoms with E-state index in [1.807, 2.05) is 6.92 Å². The molecule has 1 aliphatic carbocycles. The van der Waals surface area contributed by atoms with Crippen LogP contribution in [0.15, 0.2) is 47.4 Å². The lowest BCUT2D eigenvalue weighted by Gasteiger charge is -2.36. The first-order chi connectivity index (χ1) is 12.7. The number of benzene rings is 2. The molecule has 0 heterocycles. The van der Waals surface area contributed by atoms with Crippen LogP contribution in [0.1, 0.15) is 32.6 Å². The lowest BCUT2D eigenvalue weighted by Crippen LogP contribution is -2.42. The van der Waals surface area contributed by atoms with Crippen LogP contribution in [0.3, 0.4) is 0 Å². The summed E-state index contributed by atoms with van der Waals surface area (Å²) < 4.78 is 60.4. The maximum absolute atomic E-state index is 13.9. The summed E-state index contributed by atoms with van der Waals surface area (Å²) in [5, 5.41) is 0. The molecule has 0 unspecified atom stereocenters. The highest BCUT2D eigenvalue weighted by molar-refractivity contribution is 7.89. The summed E-state index contributed by atoms with van der Waals surface area (Å²) in [7, 11) is -1.99. The zero-order valence-electron chi connectivity index (χ0n) is 15.3. The van der Waals surface area contributed by atoms with Crippen LogP contribution in [-0.2, 0) is 14.8 Å². The van der Waals surface area contributed by atoms with E-state index in [0.29, 0.717) is 18.4 Å². The van der Waals surface area contributed by atoms with Crippen molar-refractivity contribution in [3.8, 4) is 11.1 Å². The van der Waals surface area contributed by atoms with Crippen molar-refractivity contribution in [3.63, 3.8) is 0 Å². The number of hydrogen-bond donors (Lipinski definition) is 1. The van der Waals surface area contributed by atoms with Crippen LogP contribution in [-0.4, -0.2) is 27.2 Å². The van der Waals surface area contributed by atoms with Gasteiger partial charge in [-0.3, -0.25) is 0 Å². The van der Waals surface area contributed by atoms with Gasteiger partial charge in [-0.05, 0) is 62.4 Å². The Bertz CT molecular complexity index is 905. The van der Waals surface area contributed by atoms with Crippen LogP contribution in [0.4, 0.5) is 8.78 Å². The van der Waals surface area contributed by atoms with Gasteiger partial charge in [0, 0.05) is 24.8 Å². The smallest absolute Gasteiger partial charge is 0.240 e. The Morgan fingerprint density at radius 2 is 1.70 bits per heavy atom. The number of methoxy groups -OCH3 is 1. The molecule has 0 amide bonds. The van der Waals surface area contributed by atoms with Gasteiger partial charge >= 0.3 is 0 Å². The topological polar surface area (TPSA) is 55.4 Å². The van der Waals surface area contributed by atoms with Crippen LogP contribution in [0, 0.1) is 11.6 Å². The SMILES string of the molecule is COC1(C)CCC(NS(=O)(=O)c2ccc(-c3ccc(F)cc3F)cc2)CC1. The van der Waals surface area contributed by atoms with Crippen molar-refractivity contribution >= 4 is 10.0 Å². The molecule has 1 N–H and O–H groups in total. The molecule has 7 heteroatoms. The quantitative estimate of drug-likeness (QED) is 0.823. The highest BCUT2D eigenvalue weighted by Crippen LogP contribution is 2.31. The van der Waals surface area contributed by atoms with E-state index in [1.165, 1.54) is 36.4 Å². The van der Waals surface area contributed by atoms with Crippen LogP contribution in [0.25, 0.3) is 11.1 Å². The van der Waals surface area contributed by atoms with Crippen LogP contribution >= 0.6 is 0 Å². The first-order valence-corrected chi connectivity index (χ1v) is 10.3. The molecular formula is C20H23F2NO3S. The third-order valence-corrected chi connectivity index (χ3v) is 6.80. The van der Waals surface area contributed by atoms with Crippen molar-refractivity contribution < 1.29 is 21.9 Å². The Morgan fingerprint density at radius 1 is 1.07 bits per heavy atom. The molecule has 0 bridgehead atoms. The minimum absolute atomic E-state index is 0.119. The number of hydrogen-bond acceptors (Lipinski definition) is 3. The fourth-order valence-electron chi connectivity index (χ4n) is 3.38. The lowest BCUT2D eigenvalue weighted by atomic mass is 9.84. The lowest BCUT2D eigenvalue weighted by molar-refractivity contribution is -0.0276. The fourth-order valence-corrected chi connectivity index (χ4v) is 4.68. The van der Waals surface area contributed by atoms with Gasteiger partial charge in [0.2, 0.25) is 10.0 Å². The zero-order valence-corrected chi connectivity index (χ0v) is 16.2. The predicted octanol–water partition coefficient (Wildman–Crippen LogP) is 4.26. The molecule has 2 aromatic rings. The van der Waals surface area contributed by atoms with Crippen molar-refractivity contribution in [2.24, 2.45) is 0 Å². The first-order valence-electron chi connectivity index (χ1n) is 8.85. The average Bonchev–Trinajstić information content (AvgIpc) is 2.64. The summed E-state index contributed by atoms with van der Waals surface area (Å²) in [5.74, 6) is -1.34. The van der Waals surface area contributed by atoms with Gasteiger partial charge in [0.05, 0.1) is 10.5 Å². The standard InChI is InChI=1S/C20H23F2NO3S/c1-20(26-2)11-9-16(10-12-20)23-27(24,25)17-6-3-14(4-7-17)18-8-5-15(21)13-19(18)22/h3-8,13,16,23H,9-12H2,1-2H3. The van der Waals surface area contributed by atoms with Crippen LogP contribution in [0.5, 0.6) is 0 Å². The van der Waals surface area contributed by atoms with E-state index < -0.39 is 21.7 Å². The molecule has 0 spiro atoms. The van der Waals surface area contributed by atoms with Crippen LogP contribution < -0.4 is 4.72 Å². The number of nitrogens with one attached hydrogen (secondary N) is 1. The van der Waals surface area contributed by atoms with Gasteiger partial charge in [0.25, 0.3) is 0 Å². The van der Waals surface area contributed by atoms with Gasteiger partial charge in [0.15, 0.2) is 0 Å². The van der Waals surface area contributed by atoms with E-state index >= 15 is 0 Å². The number of rotatable bonds is 5. The van der Waals surface area contributed by atoms with Gasteiger partial charge in [-0.15, -0.1) is 0 Å². The second-order valence-corrected chi connectivity index (χ2v) is 8.91. The maximum Gasteiger partial charge on any atom is 0.240 e. The molecule has 4 nitrogen and oxygen atoms in total. The molecule has 1 saturated carbocycles. The van der Waals surface area contributed by atoms with E-state index in [-0.39, 0.29) is 22.1 Å². The van der Waals surface area contributed by atoms with Crippen molar-refractivity contribution in [1.82, 2.24) is 4.72 Å². The van der Waals surface area contributed by atoms with Gasteiger partial charge in [-0.2, -0.15) is 0 Å². The Kier molecular flexibility index (Phi) is 5.65. The second kappa shape index (κ2) is 7.66. The molecule has 1 fully saturated rings. The molecule has 146 valence electrons. The normalized spacial score (nSPS) is 23.3. The largest absolute Gasteiger partial charge is 0.379 e. The minimum atomic E-state index is -3.66. The molecule has 0 atom stereocenters. The zero-order chi connectivity index (χ0) is 19.7. The van der Waals surface area contributed by atoms with Gasteiger partial charge in [-0.1, -0.05) is 12.1 Å². The summed E-state index contributed by atoms with van der Waals surface area (Å²) in [6.07, 6.45) is 3.00. The monoisotopic (exact) mass is 395 g/mol. The third kappa shape index (κ3) is 4.54. The van der Waals surface area contributed by atoms with Gasteiger partial charge in [-0.25, -0.2) is 21.9 Å². The van der Waals surface area contributed by atoms with E-state index in [9.17, 15) is 17.2 Å². The van der Waals surface area contributed by atoms with E-state index in [0.717, 1.165) is 18.9 Å². The molecule has 3 rings (SSSR count). The average molecular weight is 395 g/mol. The second-order valence-electron chi connectivity index (χ2n) is 7.20. The van der Waals surface area contributed by atoms with E-state index in [4.69, 9.17) is 4.74 Å². The van der Waals surface area contributed by atoms with Crippen molar-refractivity contribution in [3.05, 3.63) is 54.1 Å². The predicted molar refractivity (Wildman–Crippen MR) is 99.8 cm³/mol. The fraction of sp³-hybridized carbons (Fsp3) is 0.400. The third-order valence-electron chi connectivity index (χ3n) is 5.26. The summed E-state index contributed by atoms with van der Waals surface area (Å²) in [6, 6.07) is 9.08.